The summed E-state index contributed by atoms with van der Waals surface area (Å²) in [5.41, 5.74) is 0.773. The van der Waals surface area contributed by atoms with Crippen molar-refractivity contribution in [1.29, 1.82) is 0 Å². The van der Waals surface area contributed by atoms with E-state index in [1.165, 1.54) is 37.5 Å². The summed E-state index contributed by atoms with van der Waals surface area (Å²) in [6.45, 7) is 2.88. The van der Waals surface area contributed by atoms with Crippen LogP contribution in [0.2, 0.25) is 5.02 Å². The van der Waals surface area contributed by atoms with Crippen LogP contribution in [-0.2, 0) is 31.7 Å². The molecule has 1 unspecified atom stereocenters. The molecule has 52 heavy (non-hydrogen) atoms. The largest absolute Gasteiger partial charge is 0.496 e. The number of halogens is 1. The van der Waals surface area contributed by atoms with Gasteiger partial charge in [0.25, 0.3) is 5.56 Å². The quantitative estimate of drug-likeness (QED) is 0.266. The molecule has 4 aliphatic rings. The highest BCUT2D eigenvalue weighted by Crippen LogP contribution is 2.56. The van der Waals surface area contributed by atoms with Crippen LogP contribution in [0.25, 0.3) is 0 Å². The number of methoxy groups -OCH3 is 2. The van der Waals surface area contributed by atoms with E-state index in [1.807, 2.05) is 12.1 Å². The zero-order valence-corrected chi connectivity index (χ0v) is 30.0. The molecule has 12 nitrogen and oxygen atoms in total. The van der Waals surface area contributed by atoms with E-state index in [2.05, 4.69) is 11.4 Å². The monoisotopic (exact) mass is 725 g/mol. The number of carbonyl (C=O) groups is 2. The second-order valence-electron chi connectivity index (χ2n) is 13.5. The molecule has 4 heterocycles. The summed E-state index contributed by atoms with van der Waals surface area (Å²) in [5.74, 6) is -0.647. The van der Waals surface area contributed by atoms with Gasteiger partial charge in [-0.05, 0) is 41.3 Å². The zero-order valence-electron chi connectivity index (χ0n) is 29.3. The maximum Gasteiger partial charge on any atom is 0.332 e. The van der Waals surface area contributed by atoms with Crippen LogP contribution in [0.1, 0.15) is 51.9 Å². The predicted octanol–water partition coefficient (Wildman–Crippen LogP) is 4.75. The Morgan fingerprint density at radius 2 is 1.71 bits per heavy atom. The summed E-state index contributed by atoms with van der Waals surface area (Å²) >= 11 is 6.67. The number of ketones is 2. The molecule has 268 valence electrons. The topological polar surface area (TPSA) is 136 Å². The van der Waals surface area contributed by atoms with Crippen LogP contribution in [0.3, 0.4) is 0 Å². The number of aromatic nitrogens is 2. The summed E-state index contributed by atoms with van der Waals surface area (Å²) in [4.78, 5) is 56.7. The number of carbonyl (C=O) groups excluding carboxylic acids is 2. The second-order valence-corrected chi connectivity index (χ2v) is 13.9. The van der Waals surface area contributed by atoms with Crippen LogP contribution in [0.4, 0.5) is 5.82 Å². The van der Waals surface area contributed by atoms with Gasteiger partial charge in [-0.15, -0.1) is 0 Å². The Morgan fingerprint density at radius 1 is 0.962 bits per heavy atom. The van der Waals surface area contributed by atoms with Crippen LogP contribution >= 0.6 is 11.6 Å². The number of Topliss-reactive ketones (excluding diaryl/α,β-unsaturated/α-hetero) is 2. The summed E-state index contributed by atoms with van der Waals surface area (Å²) in [5, 5.41) is 3.28. The van der Waals surface area contributed by atoms with E-state index in [0.29, 0.717) is 36.6 Å². The Kier molecular flexibility index (Phi) is 7.98. The normalized spacial score (nSPS) is 21.1. The van der Waals surface area contributed by atoms with E-state index in [0.717, 1.165) is 22.3 Å². The smallest absolute Gasteiger partial charge is 0.332 e. The molecule has 1 spiro atoms. The van der Waals surface area contributed by atoms with Crippen molar-refractivity contribution < 1.29 is 33.3 Å². The molecule has 3 atom stereocenters. The third-order valence-corrected chi connectivity index (χ3v) is 11.1. The van der Waals surface area contributed by atoms with Crippen molar-refractivity contribution in [1.82, 2.24) is 9.13 Å². The molecule has 1 aliphatic carbocycles. The summed E-state index contributed by atoms with van der Waals surface area (Å²) in [6.07, 6.45) is 1.78. The average molecular weight is 726 g/mol. The van der Waals surface area contributed by atoms with Gasteiger partial charge in [-0.3, -0.25) is 23.5 Å². The Morgan fingerprint density at radius 3 is 2.44 bits per heavy atom. The zero-order chi connectivity index (χ0) is 36.6. The molecule has 13 heteroatoms. The van der Waals surface area contributed by atoms with Gasteiger partial charge >= 0.3 is 5.69 Å². The van der Waals surface area contributed by atoms with Gasteiger partial charge in [-0.25, -0.2) is 4.79 Å². The minimum absolute atomic E-state index is 0.000805. The van der Waals surface area contributed by atoms with E-state index in [1.54, 1.807) is 38.2 Å². The van der Waals surface area contributed by atoms with Crippen molar-refractivity contribution in [2.45, 2.75) is 37.7 Å². The number of fused-ring (bicyclic) bond motifs is 3. The Hall–Kier alpha value is -5.49. The van der Waals surface area contributed by atoms with E-state index >= 15 is 4.79 Å². The van der Waals surface area contributed by atoms with Gasteiger partial charge in [0.1, 0.15) is 39.4 Å². The number of allylic oxidation sites excluding steroid dienone is 1. The van der Waals surface area contributed by atoms with Crippen LogP contribution < -0.4 is 40.3 Å². The number of hydrogen-bond acceptors (Lipinski definition) is 10. The van der Waals surface area contributed by atoms with Gasteiger partial charge in [0.15, 0.2) is 5.75 Å². The highest BCUT2D eigenvalue weighted by atomic mass is 35.5. The molecular weight excluding hydrogens is 690 g/mol. The molecule has 1 aromatic heterocycles. The van der Waals surface area contributed by atoms with Crippen LogP contribution in [-0.4, -0.2) is 53.7 Å². The van der Waals surface area contributed by atoms with Crippen molar-refractivity contribution in [3.63, 3.8) is 0 Å². The fourth-order valence-corrected chi connectivity index (χ4v) is 8.23. The molecule has 3 aromatic carbocycles. The molecule has 0 bridgehead atoms. The number of hydrogen-bond donors (Lipinski definition) is 1. The average Bonchev–Trinajstić information content (AvgIpc) is 3.75. The maximum absolute atomic E-state index is 15.1. The molecule has 3 aliphatic heterocycles. The molecule has 0 saturated heterocycles. The number of nitrogens with zero attached hydrogens (tertiary/aromatic N) is 2. The number of anilines is 1. The Balaban J connectivity index is 1.18. The van der Waals surface area contributed by atoms with Crippen LogP contribution in [0.15, 0.2) is 69.4 Å². The lowest BCUT2D eigenvalue weighted by atomic mass is 9.66. The first-order valence-electron chi connectivity index (χ1n) is 17.0. The van der Waals surface area contributed by atoms with Gasteiger partial charge in [0.05, 0.1) is 33.0 Å². The number of benzene rings is 3. The molecule has 1 N–H and O–H groups in total. The van der Waals surface area contributed by atoms with Gasteiger partial charge in [0.2, 0.25) is 17.2 Å². The molecular formula is C39H36ClN3O9. The van der Waals surface area contributed by atoms with Crippen molar-refractivity contribution >= 4 is 29.0 Å². The number of nitrogens with one attached hydrogen (secondary N) is 1. The summed E-state index contributed by atoms with van der Waals surface area (Å²) in [6, 6.07) is 14.8. The highest BCUT2D eigenvalue weighted by Gasteiger charge is 2.63. The highest BCUT2D eigenvalue weighted by molar-refractivity contribution is 6.36. The molecule has 0 saturated carbocycles. The van der Waals surface area contributed by atoms with Crippen molar-refractivity contribution in [2.75, 3.05) is 32.8 Å². The van der Waals surface area contributed by atoms with Crippen LogP contribution in [0, 0.1) is 5.92 Å². The van der Waals surface area contributed by atoms with Gasteiger partial charge in [-0.2, -0.15) is 0 Å². The first-order chi connectivity index (χ1) is 25.0. The summed E-state index contributed by atoms with van der Waals surface area (Å²) < 4.78 is 31.5. The number of ether oxygens (including phenoxy) is 5. The number of rotatable bonds is 7. The van der Waals surface area contributed by atoms with Crippen molar-refractivity contribution in [3.8, 4) is 28.7 Å². The van der Waals surface area contributed by atoms with E-state index < -0.39 is 40.3 Å². The lowest BCUT2D eigenvalue weighted by Gasteiger charge is -2.42. The minimum atomic E-state index is -2.00. The molecule has 4 aromatic rings. The predicted molar refractivity (Wildman–Crippen MR) is 192 cm³/mol. The standard InChI is InChI=1S/C39H36ClN3O9/c1-19-16-24-29(34(44)39(19)35(45)30-26(48-4)18-27(49-5)32(40)33(30)52-39)28(31-36(41-24)42(2)38(47)43(3)37(31)46)21-7-9-23(10-8-21)50-14-12-20-6-11-25-22(17-20)13-15-51-25/h6-11,17-19,28,41H,12-16H2,1-5H3/t19-,28?,39+/m1/s1. The van der Waals surface area contributed by atoms with Gasteiger partial charge < -0.3 is 29.0 Å². The fourth-order valence-electron chi connectivity index (χ4n) is 7.96. The van der Waals surface area contributed by atoms with E-state index in [4.69, 9.17) is 35.3 Å². The fraction of sp³-hybridized carbons (Fsp3) is 0.333. The van der Waals surface area contributed by atoms with Gasteiger partial charge in [-0.1, -0.05) is 42.8 Å². The minimum Gasteiger partial charge on any atom is -0.496 e. The van der Waals surface area contributed by atoms with Gasteiger partial charge in [0, 0.05) is 56.1 Å². The summed E-state index contributed by atoms with van der Waals surface area (Å²) in [7, 11) is 5.79. The third-order valence-electron chi connectivity index (χ3n) is 10.7. The van der Waals surface area contributed by atoms with E-state index in [-0.39, 0.29) is 51.2 Å². The molecule has 0 radical (unpaired) electrons. The van der Waals surface area contributed by atoms with Crippen molar-refractivity contribution in [3.05, 3.63) is 113 Å². The first-order valence-corrected chi connectivity index (χ1v) is 17.4. The lowest BCUT2D eigenvalue weighted by Crippen LogP contribution is -2.58. The SMILES string of the molecule is COc1cc(OC)c2c(c1Cl)O[C@@]1(C(=O)C3=C(C[C@H]1C)Nc1c(c(=O)n(C)c(=O)n1C)C3c1ccc(OCCc3ccc4c(c3)CCO4)cc1)C2=O. The maximum atomic E-state index is 15.1. The third kappa shape index (κ3) is 4.80. The van der Waals surface area contributed by atoms with E-state index in [9.17, 15) is 14.4 Å². The molecule has 0 fully saturated rings. The molecule has 8 rings (SSSR count). The Labute approximate surface area is 303 Å². The first kappa shape index (κ1) is 33.6. The molecule has 0 amide bonds. The van der Waals surface area contributed by atoms with Crippen LogP contribution in [0.5, 0.6) is 28.7 Å². The van der Waals surface area contributed by atoms with Crippen molar-refractivity contribution in [2.24, 2.45) is 20.0 Å². The lowest BCUT2D eigenvalue weighted by molar-refractivity contribution is -0.130. The Bertz CT molecular complexity index is 2360. The second kappa shape index (κ2) is 12.3.